The number of nitrogens with one attached hydrogen (secondary N) is 1. The molecule has 2 atom stereocenters. The lowest BCUT2D eigenvalue weighted by Gasteiger charge is -2.24. The second-order valence-corrected chi connectivity index (χ2v) is 11.1. The summed E-state index contributed by atoms with van der Waals surface area (Å²) in [5, 5.41) is 3.16. The van der Waals surface area contributed by atoms with Gasteiger partial charge in [0.2, 0.25) is 11.8 Å². The zero-order valence-electron chi connectivity index (χ0n) is 25.4. The fourth-order valence-corrected chi connectivity index (χ4v) is 5.22. The SMILES string of the molecule is COC(=O)[C@@H]1CCC(=O)N(Cc2ccc(OC)cc2)C/C=C/COc2cc(Cl)ccc2C(=O)C[C@H](Cc2ccccc2)C(=O)N1. The zero-order valence-corrected chi connectivity index (χ0v) is 26.1. The molecule has 2 amide bonds. The number of amides is 2. The monoisotopic (exact) mass is 632 g/mol. The largest absolute Gasteiger partial charge is 0.497 e. The summed E-state index contributed by atoms with van der Waals surface area (Å²) < 4.78 is 16.2. The Morgan fingerprint density at radius 2 is 1.73 bits per heavy atom. The quantitative estimate of drug-likeness (QED) is 0.294. The molecule has 1 heterocycles. The van der Waals surface area contributed by atoms with Crippen LogP contribution in [0.15, 0.2) is 84.9 Å². The summed E-state index contributed by atoms with van der Waals surface area (Å²) in [6.45, 7) is 0.711. The highest BCUT2D eigenvalue weighted by atomic mass is 35.5. The average Bonchev–Trinajstić information content (AvgIpc) is 3.05. The zero-order chi connectivity index (χ0) is 32.2. The van der Waals surface area contributed by atoms with Crippen LogP contribution in [-0.2, 0) is 32.1 Å². The molecule has 0 bridgehead atoms. The summed E-state index contributed by atoms with van der Waals surface area (Å²) in [6.07, 6.45) is 3.69. The molecule has 3 aromatic rings. The van der Waals surface area contributed by atoms with Gasteiger partial charge in [-0.2, -0.15) is 0 Å². The van der Waals surface area contributed by atoms with Gasteiger partial charge in [0.05, 0.1) is 19.8 Å². The molecule has 236 valence electrons. The molecule has 45 heavy (non-hydrogen) atoms. The van der Waals surface area contributed by atoms with Gasteiger partial charge in [0.15, 0.2) is 5.78 Å². The second kappa shape index (κ2) is 16.4. The van der Waals surface area contributed by atoms with Crippen LogP contribution in [0, 0.1) is 5.92 Å². The first-order valence-corrected chi connectivity index (χ1v) is 15.1. The predicted molar refractivity (Wildman–Crippen MR) is 170 cm³/mol. The summed E-state index contributed by atoms with van der Waals surface area (Å²) in [5.41, 5.74) is 2.04. The van der Waals surface area contributed by atoms with Crippen LogP contribution < -0.4 is 14.8 Å². The summed E-state index contributed by atoms with van der Waals surface area (Å²) in [7, 11) is 2.81. The minimum atomic E-state index is -1.08. The van der Waals surface area contributed by atoms with Gasteiger partial charge in [-0.1, -0.05) is 60.1 Å². The number of nitrogens with zero attached hydrogens (tertiary/aromatic N) is 1. The van der Waals surface area contributed by atoms with E-state index in [4.69, 9.17) is 25.8 Å². The van der Waals surface area contributed by atoms with Gasteiger partial charge in [0.1, 0.15) is 24.1 Å². The van der Waals surface area contributed by atoms with Crippen molar-refractivity contribution in [2.45, 2.75) is 38.3 Å². The van der Waals surface area contributed by atoms with E-state index in [1.165, 1.54) is 7.11 Å². The number of benzene rings is 3. The summed E-state index contributed by atoms with van der Waals surface area (Å²) in [5.74, 6) is -1.50. The predicted octanol–water partition coefficient (Wildman–Crippen LogP) is 5.20. The maximum Gasteiger partial charge on any atom is 0.328 e. The van der Waals surface area contributed by atoms with E-state index in [0.29, 0.717) is 28.6 Å². The summed E-state index contributed by atoms with van der Waals surface area (Å²) in [6, 6.07) is 20.4. The number of fused-ring (bicyclic) bond motifs is 1. The van der Waals surface area contributed by atoms with Crippen molar-refractivity contribution in [2.24, 2.45) is 5.92 Å². The van der Waals surface area contributed by atoms with Gasteiger partial charge < -0.3 is 24.4 Å². The van der Waals surface area contributed by atoms with E-state index in [1.807, 2.05) is 54.6 Å². The number of hydrogen-bond acceptors (Lipinski definition) is 7. The number of rotatable bonds is 6. The number of hydrogen-bond donors (Lipinski definition) is 1. The lowest BCUT2D eigenvalue weighted by Crippen LogP contribution is -2.45. The van der Waals surface area contributed by atoms with Crippen LogP contribution in [0.3, 0.4) is 0 Å². The van der Waals surface area contributed by atoms with Crippen molar-refractivity contribution in [3.63, 3.8) is 0 Å². The highest BCUT2D eigenvalue weighted by molar-refractivity contribution is 6.30. The molecule has 4 rings (SSSR count). The molecule has 1 aliphatic rings. The molecule has 0 saturated carbocycles. The Hall–Kier alpha value is -4.63. The van der Waals surface area contributed by atoms with Crippen molar-refractivity contribution >= 4 is 35.2 Å². The smallest absolute Gasteiger partial charge is 0.328 e. The molecule has 3 aromatic carbocycles. The molecule has 9 nitrogen and oxygen atoms in total. The van der Waals surface area contributed by atoms with E-state index in [-0.39, 0.29) is 50.5 Å². The molecular formula is C35H37ClN2O7. The first-order valence-electron chi connectivity index (χ1n) is 14.7. The van der Waals surface area contributed by atoms with Crippen molar-refractivity contribution < 1.29 is 33.4 Å². The number of esters is 1. The molecule has 1 aliphatic heterocycles. The first-order chi connectivity index (χ1) is 21.8. The van der Waals surface area contributed by atoms with E-state index in [2.05, 4.69) is 5.32 Å². The van der Waals surface area contributed by atoms with E-state index >= 15 is 0 Å². The molecule has 0 saturated heterocycles. The number of carbonyl (C=O) groups is 4. The number of methoxy groups -OCH3 is 2. The van der Waals surface area contributed by atoms with Gasteiger partial charge in [-0.3, -0.25) is 14.4 Å². The lowest BCUT2D eigenvalue weighted by molar-refractivity contribution is -0.146. The number of halogens is 1. The van der Waals surface area contributed by atoms with Gasteiger partial charge in [-0.25, -0.2) is 4.79 Å². The van der Waals surface area contributed by atoms with Gasteiger partial charge in [0.25, 0.3) is 0 Å². The third-order valence-corrected chi connectivity index (χ3v) is 7.77. The Labute approximate surface area is 268 Å². The van der Waals surface area contributed by atoms with E-state index in [0.717, 1.165) is 11.1 Å². The molecule has 0 unspecified atom stereocenters. The Bertz CT molecular complexity index is 1510. The first kappa shape index (κ1) is 33.3. The topological polar surface area (TPSA) is 111 Å². The number of ether oxygens (including phenoxy) is 3. The molecule has 0 radical (unpaired) electrons. The lowest BCUT2D eigenvalue weighted by atomic mass is 9.90. The van der Waals surface area contributed by atoms with Crippen molar-refractivity contribution in [3.8, 4) is 11.5 Å². The van der Waals surface area contributed by atoms with Crippen LogP contribution >= 0.6 is 11.6 Å². The Kier molecular flexibility index (Phi) is 12.2. The Balaban J connectivity index is 1.65. The van der Waals surface area contributed by atoms with Crippen molar-refractivity contribution in [1.82, 2.24) is 10.2 Å². The third kappa shape index (κ3) is 9.68. The molecule has 10 heteroatoms. The standard InChI is InChI=1S/C35H37ClN2O7/c1-43-28-13-10-25(11-14-28)23-38-18-6-7-19-45-32-22-27(36)12-15-29(32)31(39)21-26(20-24-8-4-3-5-9-24)34(41)37-30(35(42)44-2)16-17-33(38)40/h3-15,22,26,30H,16-21,23H2,1-2H3,(H,37,41)/b7-6+/t26-,30-/m0/s1. The van der Waals surface area contributed by atoms with Crippen molar-refractivity contribution in [2.75, 3.05) is 27.4 Å². The van der Waals surface area contributed by atoms with Crippen LogP contribution in [0.4, 0.5) is 0 Å². The normalized spacial score (nSPS) is 19.0. The van der Waals surface area contributed by atoms with Gasteiger partial charge in [-0.15, -0.1) is 0 Å². The summed E-state index contributed by atoms with van der Waals surface area (Å²) >= 11 is 6.24. The van der Waals surface area contributed by atoms with Crippen molar-refractivity contribution in [3.05, 3.63) is 107 Å². The Morgan fingerprint density at radius 3 is 2.44 bits per heavy atom. The minimum absolute atomic E-state index is 0.0211. The molecule has 1 N–H and O–H groups in total. The average molecular weight is 633 g/mol. The number of ketones is 1. The van der Waals surface area contributed by atoms with Crippen LogP contribution in [0.2, 0.25) is 5.02 Å². The third-order valence-electron chi connectivity index (χ3n) is 7.53. The molecule has 0 aromatic heterocycles. The fourth-order valence-electron chi connectivity index (χ4n) is 5.06. The van der Waals surface area contributed by atoms with Gasteiger partial charge >= 0.3 is 5.97 Å². The van der Waals surface area contributed by atoms with E-state index in [1.54, 1.807) is 42.4 Å². The molecule has 0 aliphatic carbocycles. The maximum absolute atomic E-state index is 13.7. The number of Topliss-reactive ketones (excluding diaryl/α,β-unsaturated/α-hetero) is 1. The van der Waals surface area contributed by atoms with Crippen LogP contribution in [0.1, 0.15) is 40.7 Å². The van der Waals surface area contributed by atoms with Gasteiger partial charge in [-0.05, 0) is 60.4 Å². The highest BCUT2D eigenvalue weighted by Crippen LogP contribution is 2.27. The maximum atomic E-state index is 13.7. The molecular weight excluding hydrogens is 596 g/mol. The van der Waals surface area contributed by atoms with Gasteiger partial charge in [0, 0.05) is 36.9 Å². The Morgan fingerprint density at radius 1 is 0.978 bits per heavy atom. The minimum Gasteiger partial charge on any atom is -0.497 e. The summed E-state index contributed by atoms with van der Waals surface area (Å²) in [4.78, 5) is 55.2. The van der Waals surface area contributed by atoms with E-state index < -0.39 is 23.8 Å². The second-order valence-electron chi connectivity index (χ2n) is 10.7. The van der Waals surface area contributed by atoms with E-state index in [9.17, 15) is 19.2 Å². The van der Waals surface area contributed by atoms with Crippen molar-refractivity contribution in [1.29, 1.82) is 0 Å². The molecule has 0 fully saturated rings. The van der Waals surface area contributed by atoms with Crippen LogP contribution in [0.5, 0.6) is 11.5 Å². The van der Waals surface area contributed by atoms with Crippen LogP contribution in [0.25, 0.3) is 0 Å². The van der Waals surface area contributed by atoms with Crippen LogP contribution in [-0.4, -0.2) is 61.9 Å². The number of carbonyl (C=O) groups excluding carboxylic acids is 4. The highest BCUT2D eigenvalue weighted by Gasteiger charge is 2.30. The fraction of sp³-hybridized carbons (Fsp3) is 0.314. The molecule has 0 spiro atoms.